The lowest BCUT2D eigenvalue weighted by Gasteiger charge is -2.11. The Morgan fingerprint density at radius 3 is 2.75 bits per heavy atom. The van der Waals surface area contributed by atoms with E-state index < -0.39 is 0 Å². The van der Waals surface area contributed by atoms with Gasteiger partial charge in [0.15, 0.2) is 5.82 Å². The van der Waals surface area contributed by atoms with Gasteiger partial charge in [0.05, 0.1) is 7.11 Å². The second kappa shape index (κ2) is 6.72. The highest BCUT2D eigenvalue weighted by atomic mass is 16.5. The summed E-state index contributed by atoms with van der Waals surface area (Å²) in [5.74, 6) is 2.46. The first-order chi connectivity index (χ1) is 9.72. The molecule has 20 heavy (non-hydrogen) atoms. The molecule has 0 saturated carbocycles. The zero-order valence-electron chi connectivity index (χ0n) is 11.6. The third-order valence-corrected chi connectivity index (χ3v) is 2.72. The molecule has 0 amide bonds. The van der Waals surface area contributed by atoms with Crippen LogP contribution in [-0.4, -0.2) is 24.2 Å². The van der Waals surface area contributed by atoms with E-state index in [0.29, 0.717) is 30.6 Å². The van der Waals surface area contributed by atoms with Crippen LogP contribution >= 0.6 is 0 Å². The predicted octanol–water partition coefficient (Wildman–Crippen LogP) is 1.83. The normalized spacial score (nSPS) is 10.3. The van der Waals surface area contributed by atoms with Gasteiger partial charge in [-0.2, -0.15) is 0 Å². The molecule has 0 bridgehead atoms. The maximum absolute atomic E-state index is 5.74. The van der Waals surface area contributed by atoms with E-state index in [9.17, 15) is 0 Å². The number of nitrogen functional groups attached to an aromatic ring is 1. The molecule has 0 aliphatic carbocycles. The third kappa shape index (κ3) is 3.58. The van der Waals surface area contributed by atoms with Crippen molar-refractivity contribution in [2.24, 2.45) is 0 Å². The zero-order valence-corrected chi connectivity index (χ0v) is 11.6. The number of nitrogens with zero attached hydrogens (tertiary/aromatic N) is 2. The Kier molecular flexibility index (Phi) is 4.73. The number of benzene rings is 1. The number of ether oxygens (including phenoxy) is 2. The van der Waals surface area contributed by atoms with Crippen LogP contribution in [0.15, 0.2) is 30.3 Å². The number of hydrogen-bond donors (Lipinski definition) is 2. The molecule has 2 rings (SSSR count). The van der Waals surface area contributed by atoms with Crippen LogP contribution in [0.4, 0.5) is 11.6 Å². The lowest BCUT2D eigenvalue weighted by atomic mass is 10.2. The second-order valence-corrected chi connectivity index (χ2v) is 4.19. The van der Waals surface area contributed by atoms with Gasteiger partial charge in [-0.25, -0.2) is 9.97 Å². The Bertz CT molecular complexity index is 575. The topological polar surface area (TPSA) is 82.3 Å². The summed E-state index contributed by atoms with van der Waals surface area (Å²) >= 11 is 0. The highest BCUT2D eigenvalue weighted by Gasteiger charge is 2.05. The van der Waals surface area contributed by atoms with Crippen molar-refractivity contribution in [3.05, 3.63) is 41.7 Å². The molecule has 0 unspecified atom stereocenters. The first-order valence-corrected chi connectivity index (χ1v) is 6.21. The molecule has 0 atom stereocenters. The predicted molar refractivity (Wildman–Crippen MR) is 77.5 cm³/mol. The molecule has 0 aliphatic heterocycles. The molecule has 106 valence electrons. The van der Waals surface area contributed by atoms with Gasteiger partial charge in [-0.3, -0.25) is 0 Å². The van der Waals surface area contributed by atoms with Gasteiger partial charge in [0.2, 0.25) is 0 Å². The quantitative estimate of drug-likeness (QED) is 0.836. The number of nitrogens with one attached hydrogen (secondary N) is 1. The average Bonchev–Trinajstić information content (AvgIpc) is 2.45. The number of aromatic nitrogens is 2. The summed E-state index contributed by atoms with van der Waals surface area (Å²) in [5, 5.41) is 3.21. The van der Waals surface area contributed by atoms with E-state index in [1.54, 1.807) is 20.3 Å². The largest absolute Gasteiger partial charge is 0.496 e. The summed E-state index contributed by atoms with van der Waals surface area (Å²) in [6, 6.07) is 9.49. The maximum Gasteiger partial charge on any atom is 0.158 e. The van der Waals surface area contributed by atoms with E-state index >= 15 is 0 Å². The van der Waals surface area contributed by atoms with Crippen molar-refractivity contribution in [3.8, 4) is 5.75 Å². The number of nitrogens with two attached hydrogens (primary N) is 1. The summed E-state index contributed by atoms with van der Waals surface area (Å²) in [6.07, 6.45) is 0. The number of hydrogen-bond acceptors (Lipinski definition) is 6. The van der Waals surface area contributed by atoms with Crippen LogP contribution in [-0.2, 0) is 17.9 Å². The van der Waals surface area contributed by atoms with Gasteiger partial charge < -0.3 is 20.5 Å². The van der Waals surface area contributed by atoms with Gasteiger partial charge in [-0.15, -0.1) is 0 Å². The van der Waals surface area contributed by atoms with E-state index in [1.165, 1.54) is 0 Å². The molecule has 0 radical (unpaired) electrons. The van der Waals surface area contributed by atoms with Crippen LogP contribution in [0.2, 0.25) is 0 Å². The summed E-state index contributed by atoms with van der Waals surface area (Å²) < 4.78 is 10.3. The summed E-state index contributed by atoms with van der Waals surface area (Å²) in [7, 11) is 3.24. The fourth-order valence-corrected chi connectivity index (χ4v) is 1.84. The third-order valence-electron chi connectivity index (χ3n) is 2.72. The summed E-state index contributed by atoms with van der Waals surface area (Å²) in [6.45, 7) is 0.918. The molecule has 1 aromatic heterocycles. The molecule has 0 aliphatic rings. The van der Waals surface area contributed by atoms with Crippen molar-refractivity contribution in [3.63, 3.8) is 0 Å². The van der Waals surface area contributed by atoms with E-state index in [-0.39, 0.29) is 0 Å². The van der Waals surface area contributed by atoms with Crippen LogP contribution in [0.25, 0.3) is 0 Å². The van der Waals surface area contributed by atoms with Crippen LogP contribution in [0.3, 0.4) is 0 Å². The fourth-order valence-electron chi connectivity index (χ4n) is 1.84. The first kappa shape index (κ1) is 14.1. The minimum atomic E-state index is 0.328. The molecule has 2 aromatic rings. The number of anilines is 2. The number of para-hydroxylation sites is 1. The van der Waals surface area contributed by atoms with Crippen molar-refractivity contribution < 1.29 is 9.47 Å². The maximum atomic E-state index is 5.74. The molecule has 0 fully saturated rings. The van der Waals surface area contributed by atoms with Crippen molar-refractivity contribution in [1.82, 2.24) is 9.97 Å². The fraction of sp³-hybridized carbons (Fsp3) is 0.286. The number of methoxy groups -OCH3 is 2. The second-order valence-electron chi connectivity index (χ2n) is 4.19. The van der Waals surface area contributed by atoms with Gasteiger partial charge in [0, 0.05) is 25.3 Å². The van der Waals surface area contributed by atoms with Gasteiger partial charge in [0.1, 0.15) is 24.0 Å². The molecule has 6 nitrogen and oxygen atoms in total. The van der Waals surface area contributed by atoms with Crippen LogP contribution in [0.5, 0.6) is 5.75 Å². The van der Waals surface area contributed by atoms with E-state index in [0.717, 1.165) is 11.3 Å². The van der Waals surface area contributed by atoms with Gasteiger partial charge in [0.25, 0.3) is 0 Å². The van der Waals surface area contributed by atoms with Crippen molar-refractivity contribution in [1.29, 1.82) is 0 Å². The Morgan fingerprint density at radius 1 is 1.20 bits per heavy atom. The molecule has 0 spiro atoms. The minimum absolute atomic E-state index is 0.328. The van der Waals surface area contributed by atoms with Crippen molar-refractivity contribution in [2.75, 3.05) is 25.3 Å². The molecule has 6 heteroatoms. The molecular formula is C14H18N4O2. The average molecular weight is 274 g/mol. The Labute approximate surface area is 118 Å². The Morgan fingerprint density at radius 2 is 2.00 bits per heavy atom. The number of rotatable bonds is 6. The van der Waals surface area contributed by atoms with Crippen molar-refractivity contribution >= 4 is 11.6 Å². The Hall–Kier alpha value is -2.34. The highest BCUT2D eigenvalue weighted by molar-refractivity contribution is 5.46. The lowest BCUT2D eigenvalue weighted by Crippen LogP contribution is -2.07. The van der Waals surface area contributed by atoms with Crippen LogP contribution in [0.1, 0.15) is 11.4 Å². The van der Waals surface area contributed by atoms with E-state index in [1.807, 2.05) is 24.3 Å². The van der Waals surface area contributed by atoms with E-state index in [4.69, 9.17) is 15.2 Å². The molecule has 1 aromatic carbocycles. The van der Waals surface area contributed by atoms with Crippen molar-refractivity contribution in [2.45, 2.75) is 13.2 Å². The summed E-state index contributed by atoms with van der Waals surface area (Å²) in [5.41, 5.74) is 6.79. The SMILES string of the molecule is COCc1nc(N)cc(NCc2ccccc2OC)n1. The van der Waals surface area contributed by atoms with Gasteiger partial charge in [-0.1, -0.05) is 18.2 Å². The molecule has 1 heterocycles. The minimum Gasteiger partial charge on any atom is -0.496 e. The lowest BCUT2D eigenvalue weighted by molar-refractivity contribution is 0.178. The standard InChI is InChI=1S/C14H18N4O2/c1-19-9-14-17-12(15)7-13(18-14)16-8-10-5-3-4-6-11(10)20-2/h3-7H,8-9H2,1-2H3,(H3,15,16,17,18). The smallest absolute Gasteiger partial charge is 0.158 e. The van der Waals surface area contributed by atoms with Crippen LogP contribution < -0.4 is 15.8 Å². The zero-order chi connectivity index (χ0) is 14.4. The highest BCUT2D eigenvalue weighted by Crippen LogP contribution is 2.19. The molecule has 0 saturated heterocycles. The first-order valence-electron chi connectivity index (χ1n) is 6.21. The monoisotopic (exact) mass is 274 g/mol. The Balaban J connectivity index is 2.10. The van der Waals surface area contributed by atoms with Crippen LogP contribution in [0, 0.1) is 0 Å². The van der Waals surface area contributed by atoms with E-state index in [2.05, 4.69) is 15.3 Å². The van der Waals surface area contributed by atoms with Gasteiger partial charge in [-0.05, 0) is 6.07 Å². The summed E-state index contributed by atoms with van der Waals surface area (Å²) in [4.78, 5) is 8.42. The van der Waals surface area contributed by atoms with Gasteiger partial charge >= 0.3 is 0 Å². The molecule has 3 N–H and O–H groups in total. The molecular weight excluding hydrogens is 256 g/mol.